The molecular formula is C15H20N4O2. The van der Waals surface area contributed by atoms with Crippen LogP contribution in [-0.4, -0.2) is 22.8 Å². The summed E-state index contributed by atoms with van der Waals surface area (Å²) in [5, 5.41) is 7.15. The number of methoxy groups -OCH3 is 1. The lowest BCUT2D eigenvalue weighted by Crippen LogP contribution is -2.20. The van der Waals surface area contributed by atoms with Gasteiger partial charge in [0, 0.05) is 11.4 Å². The molecule has 1 amide bonds. The maximum Gasteiger partial charge on any atom is 0.246 e. The Balaban J connectivity index is 2.15. The molecule has 0 fully saturated rings. The Morgan fingerprint density at radius 3 is 2.67 bits per heavy atom. The molecule has 0 atom stereocenters. The second kappa shape index (κ2) is 5.87. The average Bonchev–Trinajstić information content (AvgIpc) is 2.66. The smallest absolute Gasteiger partial charge is 0.246 e. The van der Waals surface area contributed by atoms with Gasteiger partial charge in [-0.25, -0.2) is 0 Å². The number of carbonyl (C=O) groups is 1. The number of nitrogens with zero attached hydrogens (tertiary/aromatic N) is 2. The van der Waals surface area contributed by atoms with E-state index in [1.807, 2.05) is 20.8 Å². The molecule has 21 heavy (non-hydrogen) atoms. The predicted octanol–water partition coefficient (Wildman–Crippen LogP) is 2.04. The van der Waals surface area contributed by atoms with Gasteiger partial charge < -0.3 is 15.8 Å². The van der Waals surface area contributed by atoms with Crippen LogP contribution in [0.25, 0.3) is 0 Å². The summed E-state index contributed by atoms with van der Waals surface area (Å²) < 4.78 is 6.90. The predicted molar refractivity (Wildman–Crippen MR) is 82.5 cm³/mol. The van der Waals surface area contributed by atoms with Gasteiger partial charge in [0.15, 0.2) is 0 Å². The third kappa shape index (κ3) is 3.16. The van der Waals surface area contributed by atoms with E-state index in [2.05, 4.69) is 10.4 Å². The Morgan fingerprint density at radius 1 is 1.38 bits per heavy atom. The monoisotopic (exact) mass is 288 g/mol. The first-order chi connectivity index (χ1) is 9.92. The second-order valence-electron chi connectivity index (χ2n) is 4.96. The Bertz CT molecular complexity index is 677. The highest BCUT2D eigenvalue weighted by atomic mass is 16.5. The van der Waals surface area contributed by atoms with Gasteiger partial charge in [-0.2, -0.15) is 5.10 Å². The SMILES string of the molecule is COc1ccc(N)cc1NC(=O)Cn1nc(C)c(C)c1C. The normalized spacial score (nSPS) is 10.5. The van der Waals surface area contributed by atoms with Crippen molar-refractivity contribution < 1.29 is 9.53 Å². The minimum Gasteiger partial charge on any atom is -0.495 e. The van der Waals surface area contributed by atoms with E-state index in [9.17, 15) is 4.79 Å². The fourth-order valence-corrected chi connectivity index (χ4v) is 2.09. The Labute approximate surface area is 123 Å². The molecule has 0 saturated heterocycles. The second-order valence-corrected chi connectivity index (χ2v) is 4.96. The van der Waals surface area contributed by atoms with Crippen molar-refractivity contribution in [2.75, 3.05) is 18.2 Å². The van der Waals surface area contributed by atoms with Crippen molar-refractivity contribution in [1.82, 2.24) is 9.78 Å². The van der Waals surface area contributed by atoms with Gasteiger partial charge >= 0.3 is 0 Å². The number of benzene rings is 1. The quantitative estimate of drug-likeness (QED) is 0.843. The first-order valence-electron chi connectivity index (χ1n) is 6.66. The highest BCUT2D eigenvalue weighted by Crippen LogP contribution is 2.26. The van der Waals surface area contributed by atoms with E-state index in [1.165, 1.54) is 0 Å². The van der Waals surface area contributed by atoms with E-state index >= 15 is 0 Å². The molecule has 1 aromatic heterocycles. The number of rotatable bonds is 4. The topological polar surface area (TPSA) is 82.2 Å². The number of nitrogens with two attached hydrogens (primary N) is 1. The van der Waals surface area contributed by atoms with Gasteiger partial charge in [-0.3, -0.25) is 9.48 Å². The number of anilines is 2. The minimum absolute atomic E-state index is 0.151. The Morgan fingerprint density at radius 2 is 2.10 bits per heavy atom. The molecule has 0 radical (unpaired) electrons. The highest BCUT2D eigenvalue weighted by molar-refractivity contribution is 5.92. The number of hydrogen-bond donors (Lipinski definition) is 2. The zero-order valence-corrected chi connectivity index (χ0v) is 12.7. The molecule has 2 aromatic rings. The Hall–Kier alpha value is -2.50. The fraction of sp³-hybridized carbons (Fsp3) is 0.333. The lowest BCUT2D eigenvalue weighted by molar-refractivity contribution is -0.116. The van der Waals surface area contributed by atoms with Gasteiger partial charge in [0.1, 0.15) is 12.3 Å². The fourth-order valence-electron chi connectivity index (χ4n) is 2.09. The summed E-state index contributed by atoms with van der Waals surface area (Å²) in [4.78, 5) is 12.2. The first-order valence-corrected chi connectivity index (χ1v) is 6.66. The molecule has 0 aliphatic heterocycles. The summed E-state index contributed by atoms with van der Waals surface area (Å²) in [7, 11) is 1.55. The Kier molecular flexibility index (Phi) is 4.16. The van der Waals surface area contributed by atoms with Crippen molar-refractivity contribution in [1.29, 1.82) is 0 Å². The van der Waals surface area contributed by atoms with Gasteiger partial charge in [-0.15, -0.1) is 0 Å². The molecule has 1 aromatic carbocycles. The molecule has 1 heterocycles. The number of nitrogens with one attached hydrogen (secondary N) is 1. The molecule has 6 heteroatoms. The summed E-state index contributed by atoms with van der Waals surface area (Å²) in [6.07, 6.45) is 0. The first kappa shape index (κ1) is 14.9. The van der Waals surface area contributed by atoms with Crippen molar-refractivity contribution in [3.8, 4) is 5.75 Å². The minimum atomic E-state index is -0.176. The van der Waals surface area contributed by atoms with Crippen LogP contribution in [0.15, 0.2) is 18.2 Å². The summed E-state index contributed by atoms with van der Waals surface area (Å²) in [6, 6.07) is 5.11. The molecule has 3 N–H and O–H groups in total. The zero-order chi connectivity index (χ0) is 15.6. The number of carbonyl (C=O) groups excluding carboxylic acids is 1. The van der Waals surface area contributed by atoms with E-state index in [0.29, 0.717) is 17.1 Å². The maximum absolute atomic E-state index is 12.2. The van der Waals surface area contributed by atoms with E-state index in [4.69, 9.17) is 10.5 Å². The van der Waals surface area contributed by atoms with E-state index in [-0.39, 0.29) is 12.5 Å². The molecule has 0 aliphatic rings. The molecule has 2 rings (SSSR count). The number of amides is 1. The third-order valence-electron chi connectivity index (χ3n) is 3.53. The van der Waals surface area contributed by atoms with E-state index < -0.39 is 0 Å². The zero-order valence-electron chi connectivity index (χ0n) is 12.7. The van der Waals surface area contributed by atoms with Crippen LogP contribution in [0.1, 0.15) is 17.0 Å². The molecule has 0 spiro atoms. The van der Waals surface area contributed by atoms with Gasteiger partial charge in [-0.05, 0) is 44.5 Å². The average molecular weight is 288 g/mol. The van der Waals surface area contributed by atoms with Crippen molar-refractivity contribution in [2.45, 2.75) is 27.3 Å². The molecule has 0 saturated carbocycles. The molecule has 0 aliphatic carbocycles. The van der Waals surface area contributed by atoms with Crippen LogP contribution in [0.5, 0.6) is 5.75 Å². The van der Waals surface area contributed by atoms with Gasteiger partial charge in [0.2, 0.25) is 5.91 Å². The lowest BCUT2D eigenvalue weighted by Gasteiger charge is -2.11. The van der Waals surface area contributed by atoms with Crippen LogP contribution in [0, 0.1) is 20.8 Å². The highest BCUT2D eigenvalue weighted by Gasteiger charge is 2.12. The van der Waals surface area contributed by atoms with E-state index in [1.54, 1.807) is 30.0 Å². The molecular weight excluding hydrogens is 268 g/mol. The maximum atomic E-state index is 12.2. The van der Waals surface area contributed by atoms with Crippen molar-refractivity contribution >= 4 is 17.3 Å². The molecule has 0 bridgehead atoms. The number of nitrogen functional groups attached to an aromatic ring is 1. The standard InChI is InChI=1S/C15H20N4O2/c1-9-10(2)18-19(11(9)3)8-15(20)17-13-7-12(16)5-6-14(13)21-4/h5-7H,8,16H2,1-4H3,(H,17,20). The summed E-state index contributed by atoms with van der Waals surface area (Å²) in [6.45, 7) is 6.02. The van der Waals surface area contributed by atoms with Gasteiger partial charge in [0.25, 0.3) is 0 Å². The lowest BCUT2D eigenvalue weighted by atomic mass is 10.2. The summed E-state index contributed by atoms with van der Waals surface area (Å²) in [5.74, 6) is 0.395. The number of hydrogen-bond acceptors (Lipinski definition) is 4. The summed E-state index contributed by atoms with van der Waals surface area (Å²) in [5.41, 5.74) is 9.87. The van der Waals surface area contributed by atoms with Crippen LogP contribution in [0.3, 0.4) is 0 Å². The van der Waals surface area contributed by atoms with Crippen molar-refractivity contribution in [3.05, 3.63) is 35.2 Å². The van der Waals surface area contributed by atoms with Crippen LogP contribution in [-0.2, 0) is 11.3 Å². The van der Waals surface area contributed by atoms with Crippen molar-refractivity contribution in [3.63, 3.8) is 0 Å². The van der Waals surface area contributed by atoms with Crippen LogP contribution < -0.4 is 15.8 Å². The van der Waals surface area contributed by atoms with Gasteiger partial charge in [0.05, 0.1) is 18.5 Å². The van der Waals surface area contributed by atoms with Crippen LogP contribution in [0.4, 0.5) is 11.4 Å². The number of aryl methyl sites for hydroxylation is 1. The van der Waals surface area contributed by atoms with Gasteiger partial charge in [-0.1, -0.05) is 0 Å². The van der Waals surface area contributed by atoms with Crippen LogP contribution in [0.2, 0.25) is 0 Å². The van der Waals surface area contributed by atoms with Crippen molar-refractivity contribution in [2.24, 2.45) is 0 Å². The van der Waals surface area contributed by atoms with Crippen LogP contribution >= 0.6 is 0 Å². The third-order valence-corrected chi connectivity index (χ3v) is 3.53. The number of ether oxygens (including phenoxy) is 1. The molecule has 112 valence electrons. The number of aromatic nitrogens is 2. The molecule has 6 nitrogen and oxygen atoms in total. The summed E-state index contributed by atoms with van der Waals surface area (Å²) >= 11 is 0. The molecule has 0 unspecified atom stereocenters. The largest absolute Gasteiger partial charge is 0.495 e. The van der Waals surface area contributed by atoms with E-state index in [0.717, 1.165) is 17.0 Å².